The summed E-state index contributed by atoms with van der Waals surface area (Å²) in [7, 11) is 0. The summed E-state index contributed by atoms with van der Waals surface area (Å²) in [4.78, 5) is 0. The molecule has 1 saturated heterocycles. The lowest BCUT2D eigenvalue weighted by atomic mass is 9.50. The van der Waals surface area contributed by atoms with Gasteiger partial charge in [0.25, 0.3) is 0 Å². The highest BCUT2D eigenvalue weighted by atomic mass is 16.5. The van der Waals surface area contributed by atoms with Crippen LogP contribution in [0.4, 0.5) is 0 Å². The molecule has 1 aromatic carbocycles. The number of rotatable bonds is 5. The van der Waals surface area contributed by atoms with Crippen LogP contribution in [0.2, 0.25) is 0 Å². The fourth-order valence-corrected chi connectivity index (χ4v) is 3.76. The number of aryl methyl sites for hydroxylation is 1. The van der Waals surface area contributed by atoms with E-state index in [1.807, 2.05) is 0 Å². The van der Waals surface area contributed by atoms with Gasteiger partial charge < -0.3 is 9.84 Å². The third-order valence-corrected chi connectivity index (χ3v) is 5.37. The lowest BCUT2D eigenvalue weighted by Crippen LogP contribution is -2.63. The molecule has 104 valence electrons. The minimum absolute atomic E-state index is 0.0742. The smallest absolute Gasteiger partial charge is 0.0591 e. The van der Waals surface area contributed by atoms with Crippen molar-refractivity contribution in [2.75, 3.05) is 19.8 Å². The zero-order chi connectivity index (χ0) is 13.3. The van der Waals surface area contributed by atoms with Gasteiger partial charge in [0, 0.05) is 17.4 Å². The number of benzene rings is 1. The molecule has 0 bridgehead atoms. The molecule has 2 nitrogen and oxygen atoms in total. The Labute approximate surface area is 115 Å². The summed E-state index contributed by atoms with van der Waals surface area (Å²) >= 11 is 0. The number of hydrogen-bond donors (Lipinski definition) is 1. The highest BCUT2D eigenvalue weighted by molar-refractivity contribution is 5.35. The maximum atomic E-state index is 9.88. The van der Waals surface area contributed by atoms with Gasteiger partial charge in [0.05, 0.1) is 13.2 Å². The van der Waals surface area contributed by atoms with Gasteiger partial charge in [0.1, 0.15) is 0 Å². The standard InChI is InChI=1S/C17H24O2/c1-2-4-14-5-7-15(8-6-14)17(12-19-13-17)16(11-18)9-3-10-16/h5-8,18H,2-4,9-13H2,1H3. The van der Waals surface area contributed by atoms with Crippen LogP contribution >= 0.6 is 0 Å². The van der Waals surface area contributed by atoms with E-state index in [-0.39, 0.29) is 10.8 Å². The first kappa shape index (κ1) is 13.1. The Kier molecular flexibility index (Phi) is 3.40. The van der Waals surface area contributed by atoms with Crippen molar-refractivity contribution >= 4 is 0 Å². The van der Waals surface area contributed by atoms with E-state index in [1.54, 1.807) is 0 Å². The zero-order valence-corrected chi connectivity index (χ0v) is 11.8. The van der Waals surface area contributed by atoms with Gasteiger partial charge in [-0.15, -0.1) is 0 Å². The van der Waals surface area contributed by atoms with Crippen LogP contribution < -0.4 is 0 Å². The molecule has 2 aliphatic rings. The number of hydrogen-bond acceptors (Lipinski definition) is 2. The largest absolute Gasteiger partial charge is 0.396 e. The van der Waals surface area contributed by atoms with Gasteiger partial charge in [-0.25, -0.2) is 0 Å². The number of aliphatic hydroxyl groups is 1. The molecule has 19 heavy (non-hydrogen) atoms. The minimum atomic E-state index is 0.0742. The van der Waals surface area contributed by atoms with Crippen molar-refractivity contribution < 1.29 is 9.84 Å². The predicted molar refractivity (Wildman–Crippen MR) is 76.3 cm³/mol. The van der Waals surface area contributed by atoms with E-state index in [2.05, 4.69) is 31.2 Å². The summed E-state index contributed by atoms with van der Waals surface area (Å²) in [6, 6.07) is 9.04. The molecular formula is C17H24O2. The normalized spacial score (nSPS) is 23.5. The van der Waals surface area contributed by atoms with E-state index < -0.39 is 0 Å². The molecule has 1 aromatic rings. The summed E-state index contributed by atoms with van der Waals surface area (Å²) in [5.41, 5.74) is 2.93. The van der Waals surface area contributed by atoms with Gasteiger partial charge in [-0.05, 0) is 30.4 Å². The maximum Gasteiger partial charge on any atom is 0.0591 e. The summed E-state index contributed by atoms with van der Waals surface area (Å²) in [5.74, 6) is 0. The summed E-state index contributed by atoms with van der Waals surface area (Å²) in [5, 5.41) is 9.88. The molecule has 0 radical (unpaired) electrons. The Morgan fingerprint density at radius 1 is 1.16 bits per heavy atom. The van der Waals surface area contributed by atoms with Crippen LogP contribution in [0.25, 0.3) is 0 Å². The summed E-state index contributed by atoms with van der Waals surface area (Å²) in [6.07, 6.45) is 5.87. The minimum Gasteiger partial charge on any atom is -0.396 e. The van der Waals surface area contributed by atoms with Gasteiger partial charge in [0.2, 0.25) is 0 Å². The first-order valence-corrected chi connectivity index (χ1v) is 7.54. The predicted octanol–water partition coefficient (Wildman–Crippen LogP) is 3.07. The van der Waals surface area contributed by atoms with Crippen LogP contribution in [0.3, 0.4) is 0 Å². The van der Waals surface area contributed by atoms with Crippen molar-refractivity contribution in [1.29, 1.82) is 0 Å². The summed E-state index contributed by atoms with van der Waals surface area (Å²) in [6.45, 7) is 4.07. The quantitative estimate of drug-likeness (QED) is 0.881. The van der Waals surface area contributed by atoms with E-state index in [1.165, 1.54) is 24.0 Å². The number of aliphatic hydroxyl groups excluding tert-OH is 1. The summed E-state index contributed by atoms with van der Waals surface area (Å²) < 4.78 is 5.54. The Hall–Kier alpha value is -0.860. The van der Waals surface area contributed by atoms with E-state index >= 15 is 0 Å². The average molecular weight is 260 g/mol. The van der Waals surface area contributed by atoms with Crippen LogP contribution in [0.15, 0.2) is 24.3 Å². The van der Waals surface area contributed by atoms with Crippen molar-refractivity contribution in [1.82, 2.24) is 0 Å². The van der Waals surface area contributed by atoms with Crippen LogP contribution in [-0.4, -0.2) is 24.9 Å². The molecule has 0 aromatic heterocycles. The van der Waals surface area contributed by atoms with Crippen LogP contribution in [0, 0.1) is 5.41 Å². The molecule has 2 fully saturated rings. The molecule has 0 atom stereocenters. The van der Waals surface area contributed by atoms with Gasteiger partial charge >= 0.3 is 0 Å². The molecule has 0 amide bonds. The Morgan fingerprint density at radius 3 is 2.21 bits per heavy atom. The zero-order valence-electron chi connectivity index (χ0n) is 11.8. The fourth-order valence-electron chi connectivity index (χ4n) is 3.76. The molecule has 1 heterocycles. The van der Waals surface area contributed by atoms with Gasteiger partial charge in [-0.3, -0.25) is 0 Å². The molecule has 1 saturated carbocycles. The topological polar surface area (TPSA) is 29.5 Å². The monoisotopic (exact) mass is 260 g/mol. The van der Waals surface area contributed by atoms with Crippen LogP contribution in [0.1, 0.15) is 43.7 Å². The molecule has 1 N–H and O–H groups in total. The van der Waals surface area contributed by atoms with E-state index in [9.17, 15) is 5.11 Å². The van der Waals surface area contributed by atoms with E-state index in [4.69, 9.17) is 4.74 Å². The average Bonchev–Trinajstić information content (AvgIpc) is 2.33. The second kappa shape index (κ2) is 4.92. The molecular weight excluding hydrogens is 236 g/mol. The SMILES string of the molecule is CCCc1ccc(C2(C3(CO)CCC3)COC2)cc1. The highest BCUT2D eigenvalue weighted by Crippen LogP contribution is 2.58. The molecule has 0 unspecified atom stereocenters. The molecule has 1 aliphatic carbocycles. The lowest BCUT2D eigenvalue weighted by molar-refractivity contribution is -0.173. The van der Waals surface area contributed by atoms with Crippen molar-refractivity contribution in [3.8, 4) is 0 Å². The molecule has 3 rings (SSSR count). The van der Waals surface area contributed by atoms with E-state index in [0.717, 1.165) is 32.5 Å². The highest BCUT2D eigenvalue weighted by Gasteiger charge is 2.59. The molecule has 1 aliphatic heterocycles. The third-order valence-electron chi connectivity index (χ3n) is 5.37. The maximum absolute atomic E-state index is 9.88. The van der Waals surface area contributed by atoms with Crippen molar-refractivity contribution in [2.45, 2.75) is 44.4 Å². The molecule has 0 spiro atoms. The Bertz CT molecular complexity index is 422. The van der Waals surface area contributed by atoms with Crippen molar-refractivity contribution in [3.05, 3.63) is 35.4 Å². The Balaban J connectivity index is 1.89. The van der Waals surface area contributed by atoms with Crippen molar-refractivity contribution in [2.24, 2.45) is 5.41 Å². The Morgan fingerprint density at radius 2 is 1.84 bits per heavy atom. The first-order chi connectivity index (χ1) is 9.26. The fraction of sp³-hybridized carbons (Fsp3) is 0.647. The first-order valence-electron chi connectivity index (χ1n) is 7.54. The number of ether oxygens (including phenoxy) is 1. The third kappa shape index (κ3) is 1.85. The van der Waals surface area contributed by atoms with Crippen molar-refractivity contribution in [3.63, 3.8) is 0 Å². The van der Waals surface area contributed by atoms with Gasteiger partial charge in [0.15, 0.2) is 0 Å². The lowest BCUT2D eigenvalue weighted by Gasteiger charge is -2.59. The van der Waals surface area contributed by atoms with Gasteiger partial charge in [-0.2, -0.15) is 0 Å². The molecule has 2 heteroatoms. The van der Waals surface area contributed by atoms with Crippen LogP contribution in [0.5, 0.6) is 0 Å². The second-order valence-electron chi connectivity index (χ2n) is 6.31. The second-order valence-corrected chi connectivity index (χ2v) is 6.31. The van der Waals surface area contributed by atoms with Gasteiger partial charge in [-0.1, -0.05) is 44.0 Å². The van der Waals surface area contributed by atoms with Crippen LogP contribution in [-0.2, 0) is 16.6 Å². The van der Waals surface area contributed by atoms with E-state index in [0.29, 0.717) is 6.61 Å².